The molecule has 0 atom stereocenters. The van der Waals surface area contributed by atoms with Gasteiger partial charge in [0.15, 0.2) is 0 Å². The molecule has 0 bridgehead atoms. The predicted octanol–water partition coefficient (Wildman–Crippen LogP) is 2.86. The monoisotopic (exact) mass is 221 g/mol. The number of nitrogen functional groups attached to an aromatic ring is 1. The highest BCUT2D eigenvalue weighted by Crippen LogP contribution is 2.19. The summed E-state index contributed by atoms with van der Waals surface area (Å²) in [5, 5.41) is 0. The van der Waals surface area contributed by atoms with Gasteiger partial charge in [-0.2, -0.15) is 0 Å². The Morgan fingerprint density at radius 1 is 1.31 bits per heavy atom. The van der Waals surface area contributed by atoms with E-state index in [9.17, 15) is 4.79 Å². The Balaban J connectivity index is 2.51. The standard InChI is InChI=1S/C13H19NO2/c1-13(2,3)8-9-16-12(15)10-6-4-5-7-11(10)14/h4-7H,8-9,14H2,1-3H3. The molecular formula is C13H19NO2. The fourth-order valence-electron chi connectivity index (χ4n) is 1.21. The van der Waals surface area contributed by atoms with E-state index in [0.717, 1.165) is 6.42 Å². The summed E-state index contributed by atoms with van der Waals surface area (Å²) in [5.74, 6) is -0.345. The summed E-state index contributed by atoms with van der Waals surface area (Å²) >= 11 is 0. The summed E-state index contributed by atoms with van der Waals surface area (Å²) < 4.78 is 5.17. The second-order valence-corrected chi connectivity index (χ2v) is 5.03. The van der Waals surface area contributed by atoms with E-state index in [-0.39, 0.29) is 11.4 Å². The number of esters is 1. The van der Waals surface area contributed by atoms with E-state index in [1.807, 2.05) is 0 Å². The number of nitrogens with two attached hydrogens (primary N) is 1. The smallest absolute Gasteiger partial charge is 0.340 e. The van der Waals surface area contributed by atoms with Gasteiger partial charge in [-0.3, -0.25) is 0 Å². The lowest BCUT2D eigenvalue weighted by atomic mass is 9.93. The van der Waals surface area contributed by atoms with Gasteiger partial charge in [0, 0.05) is 5.69 Å². The number of benzene rings is 1. The van der Waals surface area contributed by atoms with Gasteiger partial charge in [0.25, 0.3) is 0 Å². The maximum atomic E-state index is 11.6. The highest BCUT2D eigenvalue weighted by atomic mass is 16.5. The molecule has 1 rings (SSSR count). The van der Waals surface area contributed by atoms with Crippen LogP contribution in [0, 0.1) is 5.41 Å². The first-order valence-electron chi connectivity index (χ1n) is 5.42. The first-order valence-corrected chi connectivity index (χ1v) is 5.42. The number of hydrogen-bond donors (Lipinski definition) is 1. The Hall–Kier alpha value is -1.51. The number of anilines is 1. The summed E-state index contributed by atoms with van der Waals surface area (Å²) in [7, 11) is 0. The number of carbonyl (C=O) groups excluding carboxylic acids is 1. The molecule has 3 heteroatoms. The summed E-state index contributed by atoms with van der Waals surface area (Å²) in [4.78, 5) is 11.6. The molecule has 0 heterocycles. The van der Waals surface area contributed by atoms with Crippen LogP contribution in [-0.2, 0) is 4.74 Å². The Bertz CT molecular complexity index is 366. The summed E-state index contributed by atoms with van der Waals surface area (Å²) in [6.45, 7) is 6.75. The molecule has 0 aromatic heterocycles. The fraction of sp³-hybridized carbons (Fsp3) is 0.462. The average molecular weight is 221 g/mol. The number of carbonyl (C=O) groups is 1. The van der Waals surface area contributed by atoms with Crippen LogP contribution in [-0.4, -0.2) is 12.6 Å². The normalized spacial score (nSPS) is 11.2. The van der Waals surface area contributed by atoms with Gasteiger partial charge in [-0.05, 0) is 24.0 Å². The zero-order chi connectivity index (χ0) is 12.2. The first kappa shape index (κ1) is 12.6. The lowest BCUT2D eigenvalue weighted by molar-refractivity contribution is 0.0466. The molecule has 0 saturated heterocycles. The van der Waals surface area contributed by atoms with Crippen LogP contribution in [0.15, 0.2) is 24.3 Å². The number of para-hydroxylation sites is 1. The Morgan fingerprint density at radius 2 is 1.94 bits per heavy atom. The van der Waals surface area contributed by atoms with Crippen molar-refractivity contribution in [2.24, 2.45) is 5.41 Å². The Labute approximate surface area is 96.6 Å². The van der Waals surface area contributed by atoms with Crippen molar-refractivity contribution < 1.29 is 9.53 Å². The van der Waals surface area contributed by atoms with Crippen molar-refractivity contribution in [1.29, 1.82) is 0 Å². The molecule has 0 aliphatic heterocycles. The lowest BCUT2D eigenvalue weighted by Crippen LogP contribution is -2.14. The van der Waals surface area contributed by atoms with Crippen LogP contribution in [0.5, 0.6) is 0 Å². The van der Waals surface area contributed by atoms with Gasteiger partial charge in [0.05, 0.1) is 12.2 Å². The molecule has 3 nitrogen and oxygen atoms in total. The van der Waals surface area contributed by atoms with E-state index >= 15 is 0 Å². The molecule has 1 aromatic carbocycles. The second kappa shape index (κ2) is 5.01. The van der Waals surface area contributed by atoms with Crippen molar-refractivity contribution in [2.45, 2.75) is 27.2 Å². The molecule has 0 aliphatic rings. The zero-order valence-corrected chi connectivity index (χ0v) is 10.1. The predicted molar refractivity (Wildman–Crippen MR) is 65.2 cm³/mol. The Morgan fingerprint density at radius 3 is 2.50 bits per heavy atom. The third-order valence-corrected chi connectivity index (χ3v) is 2.27. The molecule has 2 N–H and O–H groups in total. The maximum absolute atomic E-state index is 11.6. The topological polar surface area (TPSA) is 52.3 Å². The molecule has 1 aromatic rings. The molecule has 0 aliphatic carbocycles. The molecule has 16 heavy (non-hydrogen) atoms. The van der Waals surface area contributed by atoms with Crippen molar-refractivity contribution in [3.05, 3.63) is 29.8 Å². The largest absolute Gasteiger partial charge is 0.462 e. The molecule has 0 saturated carbocycles. The molecule has 0 spiro atoms. The second-order valence-electron chi connectivity index (χ2n) is 5.03. The van der Waals surface area contributed by atoms with Gasteiger partial charge in [0.1, 0.15) is 0 Å². The molecule has 88 valence electrons. The van der Waals surface area contributed by atoms with Gasteiger partial charge in [-0.1, -0.05) is 32.9 Å². The third-order valence-electron chi connectivity index (χ3n) is 2.27. The average Bonchev–Trinajstić information content (AvgIpc) is 2.16. The highest BCUT2D eigenvalue weighted by Gasteiger charge is 2.13. The van der Waals surface area contributed by atoms with Crippen LogP contribution >= 0.6 is 0 Å². The molecule has 0 amide bonds. The van der Waals surface area contributed by atoms with E-state index in [2.05, 4.69) is 20.8 Å². The minimum absolute atomic E-state index is 0.169. The van der Waals surface area contributed by atoms with Gasteiger partial charge in [0.2, 0.25) is 0 Å². The van der Waals surface area contributed by atoms with Crippen molar-refractivity contribution in [3.63, 3.8) is 0 Å². The zero-order valence-electron chi connectivity index (χ0n) is 10.1. The molecular weight excluding hydrogens is 202 g/mol. The van der Waals surface area contributed by atoms with Gasteiger partial charge >= 0.3 is 5.97 Å². The fourth-order valence-corrected chi connectivity index (χ4v) is 1.21. The number of rotatable bonds is 3. The number of hydrogen-bond acceptors (Lipinski definition) is 3. The molecule has 0 unspecified atom stereocenters. The minimum atomic E-state index is -0.345. The van der Waals surface area contributed by atoms with Crippen molar-refractivity contribution in [2.75, 3.05) is 12.3 Å². The maximum Gasteiger partial charge on any atom is 0.340 e. The van der Waals surface area contributed by atoms with E-state index in [0.29, 0.717) is 17.9 Å². The van der Waals surface area contributed by atoms with E-state index in [4.69, 9.17) is 10.5 Å². The molecule has 0 fully saturated rings. The minimum Gasteiger partial charge on any atom is -0.462 e. The molecule has 0 radical (unpaired) electrons. The third kappa shape index (κ3) is 3.93. The quantitative estimate of drug-likeness (QED) is 0.630. The van der Waals surface area contributed by atoms with Crippen molar-refractivity contribution >= 4 is 11.7 Å². The van der Waals surface area contributed by atoms with Gasteiger partial charge in [-0.15, -0.1) is 0 Å². The summed E-state index contributed by atoms with van der Waals surface area (Å²) in [6, 6.07) is 6.94. The van der Waals surface area contributed by atoms with Gasteiger partial charge in [-0.25, -0.2) is 4.79 Å². The van der Waals surface area contributed by atoms with Crippen LogP contribution in [0.2, 0.25) is 0 Å². The van der Waals surface area contributed by atoms with Crippen LogP contribution in [0.4, 0.5) is 5.69 Å². The van der Waals surface area contributed by atoms with Crippen LogP contribution in [0.1, 0.15) is 37.6 Å². The van der Waals surface area contributed by atoms with E-state index in [1.165, 1.54) is 0 Å². The summed E-state index contributed by atoms with van der Waals surface area (Å²) in [6.07, 6.45) is 0.839. The van der Waals surface area contributed by atoms with E-state index < -0.39 is 0 Å². The SMILES string of the molecule is CC(C)(C)CCOC(=O)c1ccccc1N. The van der Waals surface area contributed by atoms with Crippen LogP contribution < -0.4 is 5.73 Å². The van der Waals surface area contributed by atoms with E-state index in [1.54, 1.807) is 24.3 Å². The Kier molecular flexibility index (Phi) is 3.93. The first-order chi connectivity index (χ1) is 7.40. The van der Waals surface area contributed by atoms with Crippen molar-refractivity contribution in [1.82, 2.24) is 0 Å². The van der Waals surface area contributed by atoms with Crippen LogP contribution in [0.3, 0.4) is 0 Å². The number of ether oxygens (including phenoxy) is 1. The van der Waals surface area contributed by atoms with Gasteiger partial charge < -0.3 is 10.5 Å². The summed E-state index contributed by atoms with van der Waals surface area (Å²) in [5.41, 5.74) is 6.75. The van der Waals surface area contributed by atoms with Crippen LogP contribution in [0.25, 0.3) is 0 Å². The highest BCUT2D eigenvalue weighted by molar-refractivity contribution is 5.94. The van der Waals surface area contributed by atoms with Crippen molar-refractivity contribution in [3.8, 4) is 0 Å². The lowest BCUT2D eigenvalue weighted by Gasteiger charge is -2.17.